The molecular weight excluding hydrogens is 172 g/mol. The summed E-state index contributed by atoms with van der Waals surface area (Å²) in [7, 11) is 4.07. The fourth-order valence-corrected chi connectivity index (χ4v) is 1.86. The SMILES string of the molecule is CNC(C)c1cccc2c1ccn2C. The summed E-state index contributed by atoms with van der Waals surface area (Å²) < 4.78 is 2.15. The first kappa shape index (κ1) is 9.28. The van der Waals surface area contributed by atoms with Gasteiger partial charge in [-0.05, 0) is 31.7 Å². The first-order valence-corrected chi connectivity index (χ1v) is 4.95. The topological polar surface area (TPSA) is 17.0 Å². The minimum atomic E-state index is 0.404. The van der Waals surface area contributed by atoms with Crippen LogP contribution in [0.3, 0.4) is 0 Å². The predicted octanol–water partition coefficient (Wildman–Crippen LogP) is 2.46. The first-order chi connectivity index (χ1) is 6.74. The van der Waals surface area contributed by atoms with Gasteiger partial charge >= 0.3 is 0 Å². The molecule has 0 saturated carbocycles. The standard InChI is InChI=1S/C12H16N2/c1-9(13-2)10-5-4-6-12-11(10)7-8-14(12)3/h4-9,13H,1-3H3. The first-order valence-electron chi connectivity index (χ1n) is 4.95. The van der Waals surface area contributed by atoms with E-state index in [0.29, 0.717) is 6.04 Å². The van der Waals surface area contributed by atoms with E-state index in [-0.39, 0.29) is 0 Å². The van der Waals surface area contributed by atoms with E-state index in [1.165, 1.54) is 16.5 Å². The minimum Gasteiger partial charge on any atom is -0.351 e. The Morgan fingerprint density at radius 2 is 2.07 bits per heavy atom. The molecule has 2 aromatic rings. The highest BCUT2D eigenvalue weighted by molar-refractivity contribution is 5.84. The molecule has 1 atom stereocenters. The summed E-state index contributed by atoms with van der Waals surface area (Å²) in [6, 6.07) is 9.04. The molecule has 0 aliphatic rings. The van der Waals surface area contributed by atoms with Crippen LogP contribution in [0.1, 0.15) is 18.5 Å². The van der Waals surface area contributed by atoms with Crippen LogP contribution in [0.2, 0.25) is 0 Å². The van der Waals surface area contributed by atoms with Crippen molar-refractivity contribution in [1.29, 1.82) is 0 Å². The maximum Gasteiger partial charge on any atom is 0.0481 e. The van der Waals surface area contributed by atoms with Crippen LogP contribution in [0.25, 0.3) is 10.9 Å². The average molecular weight is 188 g/mol. The maximum absolute atomic E-state index is 3.27. The van der Waals surface area contributed by atoms with E-state index < -0.39 is 0 Å². The molecule has 0 spiro atoms. The van der Waals surface area contributed by atoms with Gasteiger partial charge in [0.15, 0.2) is 0 Å². The van der Waals surface area contributed by atoms with Crippen LogP contribution in [0.15, 0.2) is 30.5 Å². The van der Waals surface area contributed by atoms with Crippen LogP contribution >= 0.6 is 0 Å². The highest BCUT2D eigenvalue weighted by Gasteiger charge is 2.08. The van der Waals surface area contributed by atoms with Gasteiger partial charge in [0.2, 0.25) is 0 Å². The molecule has 0 fully saturated rings. The van der Waals surface area contributed by atoms with Crippen LogP contribution < -0.4 is 5.32 Å². The Labute approximate surface area is 84.5 Å². The Bertz CT molecular complexity index is 443. The van der Waals surface area contributed by atoms with Gasteiger partial charge in [-0.2, -0.15) is 0 Å². The quantitative estimate of drug-likeness (QED) is 0.766. The van der Waals surface area contributed by atoms with Gasteiger partial charge in [-0.25, -0.2) is 0 Å². The molecule has 2 heteroatoms. The van der Waals surface area contributed by atoms with Crippen molar-refractivity contribution in [2.75, 3.05) is 7.05 Å². The number of nitrogens with zero attached hydrogens (tertiary/aromatic N) is 1. The average Bonchev–Trinajstić information content (AvgIpc) is 2.59. The predicted molar refractivity (Wildman–Crippen MR) is 60.4 cm³/mol. The number of hydrogen-bond donors (Lipinski definition) is 1. The molecule has 1 unspecified atom stereocenters. The molecular formula is C12H16N2. The van der Waals surface area contributed by atoms with Crippen molar-refractivity contribution in [2.24, 2.45) is 7.05 Å². The number of nitrogens with one attached hydrogen (secondary N) is 1. The van der Waals surface area contributed by atoms with Gasteiger partial charge in [0, 0.05) is 30.2 Å². The van der Waals surface area contributed by atoms with E-state index in [1.54, 1.807) is 0 Å². The van der Waals surface area contributed by atoms with Crippen molar-refractivity contribution in [3.8, 4) is 0 Å². The Morgan fingerprint density at radius 3 is 2.79 bits per heavy atom. The number of fused-ring (bicyclic) bond motifs is 1. The zero-order valence-corrected chi connectivity index (χ0v) is 8.91. The molecule has 2 rings (SSSR count). The molecule has 0 amide bonds. The summed E-state index contributed by atoms with van der Waals surface area (Å²) in [4.78, 5) is 0. The molecule has 0 aliphatic carbocycles. The smallest absolute Gasteiger partial charge is 0.0481 e. The van der Waals surface area contributed by atoms with E-state index in [9.17, 15) is 0 Å². The fraction of sp³-hybridized carbons (Fsp3) is 0.333. The summed E-state index contributed by atoms with van der Waals surface area (Å²) in [5.74, 6) is 0. The minimum absolute atomic E-state index is 0.404. The summed E-state index contributed by atoms with van der Waals surface area (Å²) in [5, 5.41) is 4.62. The van der Waals surface area contributed by atoms with Crippen molar-refractivity contribution < 1.29 is 0 Å². The van der Waals surface area contributed by atoms with Gasteiger partial charge in [-0.1, -0.05) is 12.1 Å². The third-order valence-corrected chi connectivity index (χ3v) is 2.86. The molecule has 0 aliphatic heterocycles. The van der Waals surface area contributed by atoms with Crippen molar-refractivity contribution in [1.82, 2.24) is 9.88 Å². The fourth-order valence-electron chi connectivity index (χ4n) is 1.86. The second-order valence-electron chi connectivity index (χ2n) is 3.72. The molecule has 1 N–H and O–H groups in total. The Hall–Kier alpha value is -1.28. The van der Waals surface area contributed by atoms with Gasteiger partial charge in [0.1, 0.15) is 0 Å². The van der Waals surface area contributed by atoms with Gasteiger partial charge in [0.05, 0.1) is 0 Å². The Balaban J connectivity index is 2.65. The summed E-state index contributed by atoms with van der Waals surface area (Å²) in [6.45, 7) is 2.18. The second-order valence-corrected chi connectivity index (χ2v) is 3.72. The Morgan fingerprint density at radius 1 is 1.29 bits per heavy atom. The second kappa shape index (κ2) is 3.46. The van der Waals surface area contributed by atoms with E-state index in [4.69, 9.17) is 0 Å². The largest absolute Gasteiger partial charge is 0.351 e. The lowest BCUT2D eigenvalue weighted by Crippen LogP contribution is -2.12. The van der Waals surface area contributed by atoms with E-state index in [1.807, 2.05) is 7.05 Å². The van der Waals surface area contributed by atoms with Gasteiger partial charge in [-0.15, -0.1) is 0 Å². The lowest BCUT2D eigenvalue weighted by atomic mass is 10.0. The van der Waals surface area contributed by atoms with E-state index in [2.05, 4.69) is 54.3 Å². The van der Waals surface area contributed by atoms with Crippen LogP contribution in [0, 0.1) is 0 Å². The third kappa shape index (κ3) is 1.32. The number of hydrogen-bond acceptors (Lipinski definition) is 1. The monoisotopic (exact) mass is 188 g/mol. The lowest BCUT2D eigenvalue weighted by molar-refractivity contribution is 0.657. The molecule has 2 nitrogen and oxygen atoms in total. The number of rotatable bonds is 2. The normalized spacial score (nSPS) is 13.4. The molecule has 1 aromatic carbocycles. The van der Waals surface area contributed by atoms with E-state index in [0.717, 1.165) is 0 Å². The summed E-state index contributed by atoms with van der Waals surface area (Å²) in [6.07, 6.45) is 2.11. The van der Waals surface area contributed by atoms with Gasteiger partial charge < -0.3 is 9.88 Å². The van der Waals surface area contributed by atoms with Crippen LogP contribution in [-0.2, 0) is 7.05 Å². The van der Waals surface area contributed by atoms with Crippen LogP contribution in [0.4, 0.5) is 0 Å². The molecule has 0 saturated heterocycles. The van der Waals surface area contributed by atoms with Gasteiger partial charge in [-0.3, -0.25) is 0 Å². The molecule has 1 aromatic heterocycles. The summed E-state index contributed by atoms with van der Waals surface area (Å²) >= 11 is 0. The third-order valence-electron chi connectivity index (χ3n) is 2.86. The van der Waals surface area contributed by atoms with Crippen LogP contribution in [0.5, 0.6) is 0 Å². The molecule has 0 bridgehead atoms. The number of benzene rings is 1. The van der Waals surface area contributed by atoms with Crippen LogP contribution in [-0.4, -0.2) is 11.6 Å². The molecule has 0 radical (unpaired) electrons. The number of aryl methyl sites for hydroxylation is 1. The lowest BCUT2D eigenvalue weighted by Gasteiger charge is -2.11. The highest BCUT2D eigenvalue weighted by atomic mass is 14.9. The molecule has 74 valence electrons. The number of aromatic nitrogens is 1. The molecule has 1 heterocycles. The zero-order chi connectivity index (χ0) is 10.1. The zero-order valence-electron chi connectivity index (χ0n) is 8.91. The van der Waals surface area contributed by atoms with Gasteiger partial charge in [0.25, 0.3) is 0 Å². The molecule has 14 heavy (non-hydrogen) atoms. The van der Waals surface area contributed by atoms with Crippen molar-refractivity contribution in [2.45, 2.75) is 13.0 Å². The van der Waals surface area contributed by atoms with Crippen molar-refractivity contribution in [3.05, 3.63) is 36.0 Å². The van der Waals surface area contributed by atoms with Crippen molar-refractivity contribution in [3.63, 3.8) is 0 Å². The highest BCUT2D eigenvalue weighted by Crippen LogP contribution is 2.24. The summed E-state index contributed by atoms with van der Waals surface area (Å²) in [5.41, 5.74) is 2.66. The van der Waals surface area contributed by atoms with E-state index >= 15 is 0 Å². The van der Waals surface area contributed by atoms with Crippen molar-refractivity contribution >= 4 is 10.9 Å². The Kier molecular flexibility index (Phi) is 2.30. The maximum atomic E-state index is 3.27.